The van der Waals surface area contributed by atoms with Gasteiger partial charge >= 0.3 is 0 Å². The van der Waals surface area contributed by atoms with Gasteiger partial charge in [0.05, 0.1) is 12.7 Å². The first-order valence-corrected chi connectivity index (χ1v) is 5.61. The summed E-state index contributed by atoms with van der Waals surface area (Å²) in [5.41, 5.74) is 0.287. The smallest absolute Gasteiger partial charge is 0.118 e. The predicted octanol–water partition coefficient (Wildman–Crippen LogP) is 3.03. The molecule has 16 heavy (non-hydrogen) atoms. The largest absolute Gasteiger partial charge is 0.497 e. The van der Waals surface area contributed by atoms with Gasteiger partial charge in [-0.25, -0.2) is 0 Å². The van der Waals surface area contributed by atoms with E-state index in [0.29, 0.717) is 6.42 Å². The van der Waals surface area contributed by atoms with Crippen molar-refractivity contribution in [2.75, 3.05) is 7.11 Å². The number of hydrogen-bond acceptors (Lipinski definition) is 2. The van der Waals surface area contributed by atoms with E-state index in [1.165, 1.54) is 0 Å². The van der Waals surface area contributed by atoms with Crippen LogP contribution in [0.2, 0.25) is 0 Å². The predicted molar refractivity (Wildman–Crippen MR) is 66.8 cm³/mol. The highest BCUT2D eigenvalue weighted by Gasteiger charge is 2.35. The third-order valence-electron chi connectivity index (χ3n) is 3.32. The number of ether oxygens (including phenoxy) is 1. The summed E-state index contributed by atoms with van der Waals surface area (Å²) in [6.07, 6.45) is 0.653. The van der Waals surface area contributed by atoms with Crippen LogP contribution in [-0.4, -0.2) is 17.8 Å². The Morgan fingerprint density at radius 2 is 1.56 bits per heavy atom. The molecule has 0 amide bonds. The molecule has 0 spiro atoms. The molecule has 1 unspecified atom stereocenters. The zero-order valence-corrected chi connectivity index (χ0v) is 10.9. The number of benzene rings is 1. The van der Waals surface area contributed by atoms with Crippen LogP contribution in [0.5, 0.6) is 5.75 Å². The molecule has 2 nitrogen and oxygen atoms in total. The van der Waals surface area contributed by atoms with Crippen molar-refractivity contribution in [2.24, 2.45) is 5.41 Å². The Morgan fingerprint density at radius 3 is 1.94 bits per heavy atom. The number of aliphatic hydroxyl groups is 1. The van der Waals surface area contributed by atoms with Crippen molar-refractivity contribution in [1.29, 1.82) is 0 Å². The van der Waals surface area contributed by atoms with Gasteiger partial charge in [-0.1, -0.05) is 32.9 Å². The van der Waals surface area contributed by atoms with E-state index < -0.39 is 5.60 Å². The van der Waals surface area contributed by atoms with Gasteiger partial charge in [0.2, 0.25) is 0 Å². The molecule has 0 radical (unpaired) electrons. The fourth-order valence-corrected chi connectivity index (χ4v) is 1.41. The summed E-state index contributed by atoms with van der Waals surface area (Å²) in [6, 6.07) is 7.85. The summed E-state index contributed by atoms with van der Waals surface area (Å²) in [4.78, 5) is 0. The van der Waals surface area contributed by atoms with Gasteiger partial charge in [-0.15, -0.1) is 0 Å². The molecule has 0 bridgehead atoms. The first kappa shape index (κ1) is 13.0. The Balaban J connectivity index is 2.80. The standard InChI is InChI=1S/C14H22O2/c1-13(2,3)14(4,15)10-11-6-8-12(16-5)9-7-11/h6-9,15H,10H2,1-5H3. The molecular weight excluding hydrogens is 200 g/mol. The van der Waals surface area contributed by atoms with Crippen molar-refractivity contribution >= 4 is 0 Å². The van der Waals surface area contributed by atoms with Crippen molar-refractivity contribution in [3.8, 4) is 5.75 Å². The van der Waals surface area contributed by atoms with Crippen LogP contribution in [0, 0.1) is 5.41 Å². The van der Waals surface area contributed by atoms with Gasteiger partial charge in [-0.2, -0.15) is 0 Å². The highest BCUT2D eigenvalue weighted by Crippen LogP contribution is 2.33. The van der Waals surface area contributed by atoms with Gasteiger partial charge in [0, 0.05) is 6.42 Å². The lowest BCUT2D eigenvalue weighted by Crippen LogP contribution is -2.41. The lowest BCUT2D eigenvalue weighted by atomic mass is 9.74. The fraction of sp³-hybridized carbons (Fsp3) is 0.571. The second kappa shape index (κ2) is 4.46. The summed E-state index contributed by atoms with van der Waals surface area (Å²) >= 11 is 0. The lowest BCUT2D eigenvalue weighted by Gasteiger charge is -2.37. The third-order valence-corrected chi connectivity index (χ3v) is 3.32. The molecule has 1 rings (SSSR count). The second-order valence-electron chi connectivity index (χ2n) is 5.55. The minimum Gasteiger partial charge on any atom is -0.497 e. The lowest BCUT2D eigenvalue weighted by molar-refractivity contribution is -0.0405. The Labute approximate surface area is 98.3 Å². The summed E-state index contributed by atoms with van der Waals surface area (Å²) in [5.74, 6) is 0.846. The van der Waals surface area contributed by atoms with E-state index >= 15 is 0 Å². The Hall–Kier alpha value is -1.02. The summed E-state index contributed by atoms with van der Waals surface area (Å²) < 4.78 is 5.10. The van der Waals surface area contributed by atoms with Crippen LogP contribution in [0.15, 0.2) is 24.3 Å². The molecule has 1 aromatic carbocycles. The highest BCUT2D eigenvalue weighted by atomic mass is 16.5. The van der Waals surface area contributed by atoms with Crippen LogP contribution in [0.25, 0.3) is 0 Å². The van der Waals surface area contributed by atoms with Crippen LogP contribution in [0.4, 0.5) is 0 Å². The molecule has 2 heteroatoms. The van der Waals surface area contributed by atoms with Gasteiger partial charge in [0.25, 0.3) is 0 Å². The molecule has 0 saturated heterocycles. The Bertz CT molecular complexity index is 331. The fourth-order valence-electron chi connectivity index (χ4n) is 1.41. The maximum Gasteiger partial charge on any atom is 0.118 e. The van der Waals surface area contributed by atoms with Gasteiger partial charge in [-0.3, -0.25) is 0 Å². The van der Waals surface area contributed by atoms with Gasteiger partial charge in [0.1, 0.15) is 5.75 Å². The maximum absolute atomic E-state index is 10.4. The van der Waals surface area contributed by atoms with Crippen molar-refractivity contribution in [2.45, 2.75) is 39.7 Å². The average Bonchev–Trinajstić information content (AvgIpc) is 2.16. The minimum atomic E-state index is -0.707. The van der Waals surface area contributed by atoms with Crippen LogP contribution in [0.1, 0.15) is 33.3 Å². The normalized spacial score (nSPS) is 15.6. The van der Waals surface area contributed by atoms with E-state index in [4.69, 9.17) is 4.74 Å². The van der Waals surface area contributed by atoms with E-state index in [0.717, 1.165) is 11.3 Å². The summed E-state index contributed by atoms with van der Waals surface area (Å²) in [6.45, 7) is 8.04. The van der Waals surface area contributed by atoms with E-state index in [9.17, 15) is 5.11 Å². The topological polar surface area (TPSA) is 29.5 Å². The van der Waals surface area contributed by atoms with E-state index in [2.05, 4.69) is 20.8 Å². The van der Waals surface area contributed by atoms with Gasteiger partial charge < -0.3 is 9.84 Å². The van der Waals surface area contributed by atoms with Crippen molar-refractivity contribution in [3.63, 3.8) is 0 Å². The zero-order chi connectivity index (χ0) is 12.4. The molecule has 0 fully saturated rings. The molecule has 0 aliphatic heterocycles. The van der Waals surface area contributed by atoms with Gasteiger partial charge in [0.15, 0.2) is 0 Å². The summed E-state index contributed by atoms with van der Waals surface area (Å²) in [7, 11) is 1.65. The third kappa shape index (κ3) is 2.99. The minimum absolute atomic E-state index is 0.132. The molecule has 1 aromatic rings. The van der Waals surface area contributed by atoms with Crippen LogP contribution in [0.3, 0.4) is 0 Å². The first-order valence-electron chi connectivity index (χ1n) is 5.61. The first-order chi connectivity index (χ1) is 7.26. The van der Waals surface area contributed by atoms with Crippen molar-refractivity contribution in [1.82, 2.24) is 0 Å². The number of rotatable bonds is 3. The van der Waals surface area contributed by atoms with E-state index in [1.807, 2.05) is 31.2 Å². The zero-order valence-electron chi connectivity index (χ0n) is 10.9. The number of methoxy groups -OCH3 is 1. The highest BCUT2D eigenvalue weighted by molar-refractivity contribution is 5.28. The van der Waals surface area contributed by atoms with Crippen molar-refractivity contribution in [3.05, 3.63) is 29.8 Å². The molecule has 0 aliphatic rings. The quantitative estimate of drug-likeness (QED) is 0.851. The van der Waals surface area contributed by atoms with Crippen molar-refractivity contribution < 1.29 is 9.84 Å². The van der Waals surface area contributed by atoms with E-state index in [-0.39, 0.29) is 5.41 Å². The molecule has 90 valence electrons. The molecule has 0 aliphatic carbocycles. The van der Waals surface area contributed by atoms with Crippen LogP contribution < -0.4 is 4.74 Å². The molecule has 0 saturated carbocycles. The Kier molecular flexibility index (Phi) is 3.64. The number of hydrogen-bond donors (Lipinski definition) is 1. The molecule has 1 atom stereocenters. The maximum atomic E-state index is 10.4. The second-order valence-corrected chi connectivity index (χ2v) is 5.55. The SMILES string of the molecule is COc1ccc(CC(C)(O)C(C)(C)C)cc1. The van der Waals surface area contributed by atoms with Crippen LogP contribution in [-0.2, 0) is 6.42 Å². The van der Waals surface area contributed by atoms with E-state index in [1.54, 1.807) is 7.11 Å². The molecule has 1 N–H and O–H groups in total. The molecular formula is C14H22O2. The van der Waals surface area contributed by atoms with Gasteiger partial charge in [-0.05, 0) is 30.0 Å². The monoisotopic (exact) mass is 222 g/mol. The molecule has 0 heterocycles. The molecule has 0 aromatic heterocycles. The van der Waals surface area contributed by atoms with Crippen LogP contribution >= 0.6 is 0 Å². The summed E-state index contributed by atoms with van der Waals surface area (Å²) in [5, 5.41) is 10.4. The average molecular weight is 222 g/mol. The Morgan fingerprint density at radius 1 is 1.06 bits per heavy atom.